The van der Waals surface area contributed by atoms with Crippen LogP contribution in [-0.2, 0) is 37.8 Å². The van der Waals surface area contributed by atoms with Gasteiger partial charge in [-0.15, -0.1) is 0 Å². The van der Waals surface area contributed by atoms with Gasteiger partial charge in [0.05, 0.1) is 33.5 Å². The Hall–Kier alpha value is -5.52. The third-order valence-electron chi connectivity index (χ3n) is 7.45. The predicted octanol–water partition coefficient (Wildman–Crippen LogP) is 9.96. The minimum absolute atomic E-state index is 0.0366. The maximum Gasteiger partial charge on any atom is 0.416 e. The molecule has 286 valence electrons. The summed E-state index contributed by atoms with van der Waals surface area (Å²) in [5, 5.41) is 2.51. The molecule has 0 fully saturated rings. The lowest BCUT2D eigenvalue weighted by molar-refractivity contribution is -0.144. The Morgan fingerprint density at radius 1 is 0.648 bits per heavy atom. The van der Waals surface area contributed by atoms with Crippen LogP contribution in [0, 0.1) is 0 Å². The highest BCUT2D eigenvalue weighted by atomic mass is 19.4. The second kappa shape index (κ2) is 16.2. The van der Waals surface area contributed by atoms with E-state index >= 15 is 0 Å². The Morgan fingerprint density at radius 2 is 1.11 bits per heavy atom. The van der Waals surface area contributed by atoms with Gasteiger partial charge in [-0.3, -0.25) is 9.78 Å². The van der Waals surface area contributed by atoms with Crippen molar-refractivity contribution < 1.29 is 57.5 Å². The van der Waals surface area contributed by atoms with E-state index in [-0.39, 0.29) is 41.1 Å². The second-order valence-corrected chi connectivity index (χ2v) is 11.6. The molecule has 0 unspecified atom stereocenters. The molecule has 0 bridgehead atoms. The third kappa shape index (κ3) is 10.8. The molecule has 0 aliphatic carbocycles. The minimum atomic E-state index is -4.99. The highest BCUT2D eigenvalue weighted by molar-refractivity contribution is 5.99. The first kappa shape index (κ1) is 41.2. The summed E-state index contributed by atoms with van der Waals surface area (Å²) in [6.45, 7) is -0.570. The van der Waals surface area contributed by atoms with Crippen LogP contribution in [0.2, 0.25) is 0 Å². The molecule has 1 N–H and O–H groups in total. The number of carbonyl (C=O) groups excluding carboxylic acids is 1. The van der Waals surface area contributed by atoms with Crippen molar-refractivity contribution in [3.05, 3.63) is 136 Å². The lowest BCUT2D eigenvalue weighted by atomic mass is 10.0. The van der Waals surface area contributed by atoms with Gasteiger partial charge in [-0.25, -0.2) is 9.97 Å². The first-order chi connectivity index (χ1) is 25.1. The molecule has 0 saturated heterocycles. The fourth-order valence-electron chi connectivity index (χ4n) is 4.98. The first-order valence-corrected chi connectivity index (χ1v) is 15.4. The molecule has 0 aliphatic rings. The summed E-state index contributed by atoms with van der Waals surface area (Å²) in [6.07, 6.45) is -15.2. The molecule has 6 nitrogen and oxygen atoms in total. The lowest BCUT2D eigenvalue weighted by Crippen LogP contribution is -2.27. The third-order valence-corrected chi connectivity index (χ3v) is 7.45. The summed E-state index contributed by atoms with van der Waals surface area (Å²) < 4.78 is 154. The molecule has 0 atom stereocenters. The van der Waals surface area contributed by atoms with Gasteiger partial charge in [-0.2, -0.15) is 52.7 Å². The zero-order valence-corrected chi connectivity index (χ0v) is 27.9. The average Bonchev–Trinajstić information content (AvgIpc) is 3.10. The van der Waals surface area contributed by atoms with Gasteiger partial charge in [0.15, 0.2) is 5.82 Å². The van der Waals surface area contributed by atoms with Crippen molar-refractivity contribution in [2.24, 2.45) is 0 Å². The van der Waals surface area contributed by atoms with E-state index in [1.54, 1.807) is 54.9 Å². The molecule has 2 heterocycles. The van der Waals surface area contributed by atoms with Crippen LogP contribution in [0.1, 0.15) is 43.7 Å². The summed E-state index contributed by atoms with van der Waals surface area (Å²) in [5.41, 5.74) is -4.35. The summed E-state index contributed by atoms with van der Waals surface area (Å²) in [6, 6.07) is 14.8. The Morgan fingerprint density at radius 3 is 1.56 bits per heavy atom. The van der Waals surface area contributed by atoms with Crippen LogP contribution >= 0.6 is 0 Å². The number of amides is 1. The second-order valence-electron chi connectivity index (χ2n) is 11.6. The molecule has 54 heavy (non-hydrogen) atoms. The van der Waals surface area contributed by atoms with E-state index in [1.807, 2.05) is 0 Å². The molecule has 0 aliphatic heterocycles. The Labute approximate surface area is 299 Å². The molecule has 0 radical (unpaired) electrons. The van der Waals surface area contributed by atoms with Crippen LogP contribution in [0.25, 0.3) is 22.6 Å². The number of carbonyl (C=O) groups is 1. The van der Waals surface area contributed by atoms with Gasteiger partial charge >= 0.3 is 24.7 Å². The Bertz CT molecular complexity index is 1980. The monoisotopic (exact) mass is 773 g/mol. The van der Waals surface area contributed by atoms with Crippen LogP contribution in [0.3, 0.4) is 0 Å². The quantitative estimate of drug-likeness (QED) is 0.167. The molecule has 0 saturated carbocycles. The zero-order valence-electron chi connectivity index (χ0n) is 27.9. The van der Waals surface area contributed by atoms with E-state index in [4.69, 9.17) is 0 Å². The van der Waals surface area contributed by atoms with E-state index < -0.39 is 59.4 Å². The normalized spacial score (nSPS) is 12.2. The maximum atomic E-state index is 13.3. The van der Waals surface area contributed by atoms with Crippen molar-refractivity contribution in [1.29, 1.82) is 0 Å². The van der Waals surface area contributed by atoms with Gasteiger partial charge in [0, 0.05) is 49.9 Å². The summed E-state index contributed by atoms with van der Waals surface area (Å²) in [4.78, 5) is 27.1. The van der Waals surface area contributed by atoms with Crippen LogP contribution in [0.5, 0.6) is 0 Å². The molecule has 0 spiro atoms. The number of hydrogen-bond acceptors (Lipinski definition) is 5. The molecule has 2 aromatic heterocycles. The predicted molar refractivity (Wildman–Crippen MR) is 172 cm³/mol. The fourth-order valence-corrected chi connectivity index (χ4v) is 4.98. The van der Waals surface area contributed by atoms with Crippen LogP contribution in [0.4, 0.5) is 52.7 Å². The highest BCUT2D eigenvalue weighted by Gasteiger charge is 2.38. The lowest BCUT2D eigenvalue weighted by Gasteiger charge is -2.21. The molecular formula is C36H27F12N5O. The van der Waals surface area contributed by atoms with Gasteiger partial charge in [-0.1, -0.05) is 30.3 Å². The van der Waals surface area contributed by atoms with Gasteiger partial charge in [0.25, 0.3) is 5.91 Å². The average molecular weight is 774 g/mol. The molecule has 3 aromatic carbocycles. The van der Waals surface area contributed by atoms with Crippen molar-refractivity contribution in [2.75, 3.05) is 14.1 Å². The summed E-state index contributed by atoms with van der Waals surface area (Å²) in [7, 11) is 2.72. The van der Waals surface area contributed by atoms with Gasteiger partial charge in [0.2, 0.25) is 0 Å². The Balaban J connectivity index is 0.000000321. The van der Waals surface area contributed by atoms with Crippen molar-refractivity contribution in [3.63, 3.8) is 0 Å². The van der Waals surface area contributed by atoms with Gasteiger partial charge < -0.3 is 10.2 Å². The molecule has 5 aromatic rings. The summed E-state index contributed by atoms with van der Waals surface area (Å²) >= 11 is 0. The van der Waals surface area contributed by atoms with Gasteiger partial charge in [-0.05, 0) is 66.7 Å². The van der Waals surface area contributed by atoms with E-state index in [2.05, 4.69) is 20.3 Å². The SMILES string of the molecule is CN(Cc1cc(C(F)(F)F)cc(C(F)(F)F)c1)C(=O)c1cnc(-c2ccncc2)nc1-c1ccccc1.CNCc1cc(C(F)(F)F)cc(C(F)(F)F)c1. The van der Waals surface area contributed by atoms with Crippen LogP contribution in [-0.4, -0.2) is 39.9 Å². The Kier molecular flexibility index (Phi) is 12.4. The fraction of sp³-hybridized carbons (Fsp3) is 0.222. The van der Waals surface area contributed by atoms with Crippen LogP contribution < -0.4 is 5.32 Å². The van der Waals surface area contributed by atoms with Crippen molar-refractivity contribution in [3.8, 4) is 22.6 Å². The number of alkyl halides is 12. The standard InChI is InChI=1S/C26H18F6N4O.C10H9F6N/c1-36(15-16-11-19(25(27,28)29)13-20(12-16)26(30,31)32)24(37)21-14-34-23(18-7-9-33-10-8-18)35-22(21)17-5-3-2-4-6-17;1-17-5-6-2-7(9(11,12)13)4-8(3-6)10(14,15)16/h2-14H,15H2,1H3;2-4,17H,5H2,1H3. The number of benzene rings is 3. The van der Waals surface area contributed by atoms with Crippen LogP contribution in [0.15, 0.2) is 97.5 Å². The molecule has 5 rings (SSSR count). The van der Waals surface area contributed by atoms with Crippen molar-refractivity contribution >= 4 is 5.91 Å². The number of nitrogens with zero attached hydrogens (tertiary/aromatic N) is 4. The topological polar surface area (TPSA) is 71.0 Å². The number of pyridine rings is 1. The van der Waals surface area contributed by atoms with E-state index in [0.29, 0.717) is 41.2 Å². The zero-order chi connectivity index (χ0) is 40.1. The number of hydrogen-bond donors (Lipinski definition) is 1. The van der Waals surface area contributed by atoms with E-state index in [0.717, 1.165) is 4.90 Å². The number of aromatic nitrogens is 3. The van der Waals surface area contributed by atoms with E-state index in [9.17, 15) is 57.5 Å². The highest BCUT2D eigenvalue weighted by Crippen LogP contribution is 2.38. The molecular weight excluding hydrogens is 746 g/mol. The number of halogens is 12. The number of nitrogens with one attached hydrogen (secondary N) is 1. The van der Waals surface area contributed by atoms with Crippen molar-refractivity contribution in [1.82, 2.24) is 25.2 Å². The largest absolute Gasteiger partial charge is 0.416 e. The molecule has 18 heteroatoms. The van der Waals surface area contributed by atoms with Gasteiger partial charge in [0.1, 0.15) is 0 Å². The van der Waals surface area contributed by atoms with Crippen molar-refractivity contribution in [2.45, 2.75) is 37.8 Å². The first-order valence-electron chi connectivity index (χ1n) is 15.4. The number of rotatable bonds is 7. The summed E-state index contributed by atoms with van der Waals surface area (Å²) in [5.74, 6) is -0.362. The van der Waals surface area contributed by atoms with E-state index in [1.165, 1.54) is 20.3 Å². The molecule has 1 amide bonds. The minimum Gasteiger partial charge on any atom is -0.337 e. The maximum absolute atomic E-state index is 13.3. The smallest absolute Gasteiger partial charge is 0.337 e.